The molecule has 4 rings (SSSR count). The molecule has 0 spiro atoms. The number of hydrogen-bond donors (Lipinski definition) is 0. The molecule has 3 heterocycles. The molecule has 30 heavy (non-hydrogen) atoms. The van der Waals surface area contributed by atoms with E-state index in [1.807, 2.05) is 6.92 Å². The second-order valence-electron chi connectivity index (χ2n) is 7.77. The van der Waals surface area contributed by atoms with Gasteiger partial charge in [0.1, 0.15) is 12.7 Å². The van der Waals surface area contributed by atoms with Crippen molar-refractivity contribution >= 4 is 5.57 Å². The Labute approximate surface area is 177 Å². The molecule has 1 aromatic carbocycles. The van der Waals surface area contributed by atoms with Gasteiger partial charge in [-0.2, -0.15) is 0 Å². The van der Waals surface area contributed by atoms with Gasteiger partial charge in [-0.25, -0.2) is 0 Å². The van der Waals surface area contributed by atoms with Crippen LogP contribution in [0.3, 0.4) is 0 Å². The highest BCUT2D eigenvalue weighted by Gasteiger charge is 2.23. The van der Waals surface area contributed by atoms with Crippen molar-refractivity contribution in [3.05, 3.63) is 57.3 Å². The maximum atomic E-state index is 12.7. The number of pyridine rings is 1. The summed E-state index contributed by atoms with van der Waals surface area (Å²) < 4.78 is 24.1. The van der Waals surface area contributed by atoms with E-state index >= 15 is 0 Å². The fourth-order valence-electron chi connectivity index (χ4n) is 4.22. The Bertz CT molecular complexity index is 1010. The Morgan fingerprint density at radius 1 is 1.17 bits per heavy atom. The number of ether oxygens (including phenoxy) is 4. The highest BCUT2D eigenvalue weighted by molar-refractivity contribution is 5.75. The van der Waals surface area contributed by atoms with Crippen LogP contribution < -0.4 is 10.2 Å². The maximum absolute atomic E-state index is 12.7. The molecule has 160 valence electrons. The largest absolute Gasteiger partial charge is 0.476 e. The Morgan fingerprint density at radius 2 is 2.03 bits per heavy atom. The number of hydrogen-bond acceptors (Lipinski definition) is 5. The van der Waals surface area contributed by atoms with Crippen molar-refractivity contribution in [3.8, 4) is 17.1 Å². The highest BCUT2D eigenvalue weighted by atomic mass is 16.6. The quantitative estimate of drug-likeness (QED) is 0.700. The number of aryl methyl sites for hydroxylation is 1. The number of methoxy groups -OCH3 is 2. The molecule has 0 radical (unpaired) electrons. The number of nitrogens with zero attached hydrogens (tertiary/aromatic N) is 1. The van der Waals surface area contributed by atoms with Gasteiger partial charge in [0.25, 0.3) is 0 Å². The highest BCUT2D eigenvalue weighted by Crippen LogP contribution is 2.36. The first-order valence-electron chi connectivity index (χ1n) is 10.4. The van der Waals surface area contributed by atoms with Crippen LogP contribution in [0.2, 0.25) is 0 Å². The molecule has 6 heteroatoms. The first-order chi connectivity index (χ1) is 14.6. The molecule has 0 unspecified atom stereocenters. The van der Waals surface area contributed by atoms with E-state index in [0.717, 1.165) is 42.8 Å². The summed E-state index contributed by atoms with van der Waals surface area (Å²) in [5, 5.41) is 0. The molecule has 2 aliphatic heterocycles. The molecule has 2 aromatic rings. The van der Waals surface area contributed by atoms with E-state index in [1.165, 1.54) is 16.7 Å². The molecule has 0 bridgehead atoms. The molecule has 0 N–H and O–H groups in total. The van der Waals surface area contributed by atoms with Crippen LogP contribution in [0.15, 0.2) is 35.1 Å². The zero-order valence-electron chi connectivity index (χ0n) is 17.9. The molecule has 2 aliphatic rings. The fraction of sp³-hybridized carbons (Fsp3) is 0.458. The smallest absolute Gasteiger partial charge is 0.197 e. The fourth-order valence-corrected chi connectivity index (χ4v) is 4.22. The van der Waals surface area contributed by atoms with Crippen molar-refractivity contribution in [1.29, 1.82) is 0 Å². The lowest BCUT2D eigenvalue weighted by Gasteiger charge is -2.28. The Kier molecular flexibility index (Phi) is 6.37. The summed E-state index contributed by atoms with van der Waals surface area (Å²) in [6.07, 6.45) is 3.81. The van der Waals surface area contributed by atoms with Gasteiger partial charge in [-0.15, -0.1) is 0 Å². The zero-order chi connectivity index (χ0) is 21.1. The van der Waals surface area contributed by atoms with E-state index in [0.29, 0.717) is 25.7 Å². The van der Waals surface area contributed by atoms with Gasteiger partial charge in [0, 0.05) is 38.0 Å². The SMILES string of the molecule is COC[C@@H](COc1cc(=O)c(C)c2n1CCc1cc(C3=CCOCC3)ccc1-2)OC. The predicted molar refractivity (Wildman–Crippen MR) is 116 cm³/mol. The van der Waals surface area contributed by atoms with E-state index in [2.05, 4.69) is 28.8 Å². The van der Waals surface area contributed by atoms with Crippen molar-refractivity contribution in [2.75, 3.05) is 40.6 Å². The van der Waals surface area contributed by atoms with Gasteiger partial charge in [-0.3, -0.25) is 4.79 Å². The molecular weight excluding hydrogens is 382 g/mol. The average molecular weight is 411 g/mol. The topological polar surface area (TPSA) is 58.9 Å². The van der Waals surface area contributed by atoms with E-state index in [-0.39, 0.29) is 11.5 Å². The van der Waals surface area contributed by atoms with E-state index in [9.17, 15) is 4.79 Å². The van der Waals surface area contributed by atoms with Crippen LogP contribution in [0.5, 0.6) is 5.88 Å². The van der Waals surface area contributed by atoms with Crippen LogP contribution in [0.25, 0.3) is 16.8 Å². The van der Waals surface area contributed by atoms with Gasteiger partial charge in [-0.05, 0) is 36.5 Å². The van der Waals surface area contributed by atoms with Crippen LogP contribution in [0, 0.1) is 6.92 Å². The van der Waals surface area contributed by atoms with Crippen LogP contribution in [-0.2, 0) is 27.2 Å². The van der Waals surface area contributed by atoms with Crippen molar-refractivity contribution in [1.82, 2.24) is 4.57 Å². The first-order valence-corrected chi connectivity index (χ1v) is 10.4. The molecule has 1 atom stereocenters. The molecule has 6 nitrogen and oxygen atoms in total. The molecule has 0 saturated heterocycles. The molecule has 0 aliphatic carbocycles. The summed E-state index contributed by atoms with van der Waals surface area (Å²) >= 11 is 0. The van der Waals surface area contributed by atoms with E-state index in [1.54, 1.807) is 20.3 Å². The zero-order valence-corrected chi connectivity index (χ0v) is 17.9. The van der Waals surface area contributed by atoms with Crippen molar-refractivity contribution in [3.63, 3.8) is 0 Å². The summed E-state index contributed by atoms with van der Waals surface area (Å²) in [7, 11) is 3.26. The normalized spacial score (nSPS) is 16.4. The third-order valence-electron chi connectivity index (χ3n) is 5.92. The summed E-state index contributed by atoms with van der Waals surface area (Å²) in [6, 6.07) is 8.16. The summed E-state index contributed by atoms with van der Waals surface area (Å²) in [5.41, 5.74) is 6.66. The van der Waals surface area contributed by atoms with Crippen LogP contribution >= 0.6 is 0 Å². The summed E-state index contributed by atoms with van der Waals surface area (Å²) in [6.45, 7) is 4.87. The lowest BCUT2D eigenvalue weighted by molar-refractivity contribution is -0.000948. The lowest BCUT2D eigenvalue weighted by atomic mass is 9.90. The van der Waals surface area contributed by atoms with Crippen LogP contribution in [-0.4, -0.2) is 51.3 Å². The van der Waals surface area contributed by atoms with Gasteiger partial charge in [-0.1, -0.05) is 24.3 Å². The monoisotopic (exact) mass is 411 g/mol. The summed E-state index contributed by atoms with van der Waals surface area (Å²) in [4.78, 5) is 12.7. The third-order valence-corrected chi connectivity index (χ3v) is 5.92. The predicted octanol–water partition coefficient (Wildman–Crippen LogP) is 3.22. The van der Waals surface area contributed by atoms with Crippen molar-refractivity contribution in [2.45, 2.75) is 32.4 Å². The van der Waals surface area contributed by atoms with Gasteiger partial charge in [0.05, 0.1) is 25.5 Å². The lowest BCUT2D eigenvalue weighted by Crippen LogP contribution is -2.28. The minimum absolute atomic E-state index is 0.0129. The standard InChI is InChI=1S/C24H29NO5/c1-16-22(26)13-23(30-15-20(28-3)14-27-2)25-9-6-19-12-18(4-5-21(19)24(16)25)17-7-10-29-11-8-17/h4-5,7,12-13,20H,6,8-11,14-15H2,1-3H3/t20-/m0/s1. The van der Waals surface area contributed by atoms with Crippen LogP contribution in [0.4, 0.5) is 0 Å². The molecular formula is C24H29NO5. The second-order valence-corrected chi connectivity index (χ2v) is 7.77. The van der Waals surface area contributed by atoms with Gasteiger partial charge in [0.2, 0.25) is 0 Å². The number of benzene rings is 1. The van der Waals surface area contributed by atoms with Crippen LogP contribution in [0.1, 0.15) is 23.1 Å². The summed E-state index contributed by atoms with van der Waals surface area (Å²) in [5.74, 6) is 0.584. The Balaban J connectivity index is 1.69. The van der Waals surface area contributed by atoms with Gasteiger partial charge in [0.15, 0.2) is 11.3 Å². The molecule has 0 amide bonds. The third kappa shape index (κ3) is 4.08. The minimum atomic E-state index is -0.186. The number of fused-ring (bicyclic) bond motifs is 3. The molecule has 0 fully saturated rings. The van der Waals surface area contributed by atoms with Gasteiger partial charge >= 0.3 is 0 Å². The maximum Gasteiger partial charge on any atom is 0.197 e. The number of rotatable bonds is 7. The van der Waals surface area contributed by atoms with E-state index in [4.69, 9.17) is 18.9 Å². The first kappa shape index (κ1) is 20.8. The Hall–Kier alpha value is -2.41. The average Bonchev–Trinajstić information content (AvgIpc) is 2.79. The second kappa shape index (κ2) is 9.16. The van der Waals surface area contributed by atoms with E-state index < -0.39 is 0 Å². The van der Waals surface area contributed by atoms with Crippen molar-refractivity contribution in [2.24, 2.45) is 0 Å². The Morgan fingerprint density at radius 3 is 2.77 bits per heavy atom. The number of aromatic nitrogens is 1. The minimum Gasteiger partial charge on any atom is -0.476 e. The van der Waals surface area contributed by atoms with Crippen molar-refractivity contribution < 1.29 is 18.9 Å². The molecule has 0 saturated carbocycles. The molecule has 1 aromatic heterocycles. The van der Waals surface area contributed by atoms with Gasteiger partial charge < -0.3 is 23.5 Å².